The summed E-state index contributed by atoms with van der Waals surface area (Å²) in [6, 6.07) is 15.7. The molecule has 2 aromatic rings. The van der Waals surface area contributed by atoms with E-state index in [9.17, 15) is 4.79 Å². The van der Waals surface area contributed by atoms with Crippen molar-refractivity contribution in [2.45, 2.75) is 64.9 Å². The molecule has 182 valence electrons. The Morgan fingerprint density at radius 3 is 2.09 bits per heavy atom. The summed E-state index contributed by atoms with van der Waals surface area (Å²) in [5.74, 6) is 1.52. The third-order valence-electron chi connectivity index (χ3n) is 5.42. The second-order valence-electron chi connectivity index (χ2n) is 8.36. The fourth-order valence-corrected chi connectivity index (χ4v) is 3.75. The van der Waals surface area contributed by atoms with Crippen LogP contribution in [0.15, 0.2) is 48.5 Å². The van der Waals surface area contributed by atoms with Crippen molar-refractivity contribution in [3.8, 4) is 16.9 Å². The summed E-state index contributed by atoms with van der Waals surface area (Å²) in [5, 5.41) is 0. The molecule has 2 aromatic carbocycles. The van der Waals surface area contributed by atoms with Crippen molar-refractivity contribution in [1.82, 2.24) is 0 Å². The number of unbranched alkanes of at least 4 members (excludes halogenated alkanes) is 6. The molecule has 0 aliphatic heterocycles. The van der Waals surface area contributed by atoms with Gasteiger partial charge in [-0.1, -0.05) is 69.7 Å². The molecular weight excluding hydrogens is 432 g/mol. The molecular formula is C28H40O4S. The molecule has 0 N–H and O–H groups in total. The molecule has 1 unspecified atom stereocenters. The maximum absolute atomic E-state index is 12.4. The van der Waals surface area contributed by atoms with Gasteiger partial charge in [0.25, 0.3) is 0 Å². The minimum atomic E-state index is -0.323. The third kappa shape index (κ3) is 11.1. The fraction of sp³-hybridized carbons (Fsp3) is 0.536. The van der Waals surface area contributed by atoms with Crippen LogP contribution in [0.25, 0.3) is 11.1 Å². The number of hydrogen-bond donors (Lipinski definition) is 0. The number of carbonyl (C=O) groups is 1. The van der Waals surface area contributed by atoms with E-state index in [0.29, 0.717) is 18.8 Å². The minimum absolute atomic E-state index is 0.271. The minimum Gasteiger partial charge on any atom is -0.494 e. The zero-order chi connectivity index (χ0) is 23.7. The van der Waals surface area contributed by atoms with Gasteiger partial charge in [0.05, 0.1) is 25.4 Å². The molecule has 0 spiro atoms. The van der Waals surface area contributed by atoms with Crippen molar-refractivity contribution in [2.75, 3.05) is 31.8 Å². The van der Waals surface area contributed by atoms with Crippen molar-refractivity contribution >= 4 is 17.7 Å². The van der Waals surface area contributed by atoms with Gasteiger partial charge in [-0.05, 0) is 55.0 Å². The molecule has 0 aliphatic carbocycles. The zero-order valence-corrected chi connectivity index (χ0v) is 21.3. The fourth-order valence-electron chi connectivity index (χ4n) is 3.47. The van der Waals surface area contributed by atoms with Crippen LogP contribution in [0.2, 0.25) is 0 Å². The number of esters is 1. The zero-order valence-electron chi connectivity index (χ0n) is 20.5. The Morgan fingerprint density at radius 2 is 1.45 bits per heavy atom. The summed E-state index contributed by atoms with van der Waals surface area (Å²) >= 11 is 1.73. The van der Waals surface area contributed by atoms with Crippen molar-refractivity contribution in [3.63, 3.8) is 0 Å². The van der Waals surface area contributed by atoms with Crippen molar-refractivity contribution in [2.24, 2.45) is 0 Å². The van der Waals surface area contributed by atoms with Gasteiger partial charge in [0, 0.05) is 5.75 Å². The van der Waals surface area contributed by atoms with Crippen LogP contribution in [0.1, 0.15) is 69.2 Å². The van der Waals surface area contributed by atoms with Crippen molar-refractivity contribution in [1.29, 1.82) is 0 Å². The molecule has 33 heavy (non-hydrogen) atoms. The van der Waals surface area contributed by atoms with Crippen LogP contribution < -0.4 is 4.74 Å². The van der Waals surface area contributed by atoms with Crippen molar-refractivity contribution in [3.05, 3.63) is 54.1 Å². The van der Waals surface area contributed by atoms with Crippen molar-refractivity contribution < 1.29 is 19.0 Å². The van der Waals surface area contributed by atoms with Gasteiger partial charge in [0.15, 0.2) is 0 Å². The SMILES string of the molecule is CCCCCCCCCOc1ccc(-c2ccc(C(=O)OC(C)COCCSC)cc2)cc1. The van der Waals surface area contributed by atoms with Gasteiger partial charge in [0.1, 0.15) is 11.9 Å². The van der Waals surface area contributed by atoms with E-state index in [0.717, 1.165) is 35.7 Å². The summed E-state index contributed by atoms with van der Waals surface area (Å²) in [6.45, 7) is 5.95. The lowest BCUT2D eigenvalue weighted by Crippen LogP contribution is -2.21. The molecule has 1 atom stereocenters. The van der Waals surface area contributed by atoms with Crippen LogP contribution in [0.3, 0.4) is 0 Å². The number of ether oxygens (including phenoxy) is 3. The highest BCUT2D eigenvalue weighted by Crippen LogP contribution is 2.23. The Morgan fingerprint density at radius 1 is 0.848 bits per heavy atom. The molecule has 4 nitrogen and oxygen atoms in total. The normalized spacial score (nSPS) is 11.8. The first-order valence-corrected chi connectivity index (χ1v) is 13.6. The van der Waals surface area contributed by atoms with E-state index < -0.39 is 0 Å². The molecule has 0 saturated carbocycles. The largest absolute Gasteiger partial charge is 0.494 e. The van der Waals surface area contributed by atoms with E-state index in [1.54, 1.807) is 11.8 Å². The van der Waals surface area contributed by atoms with Gasteiger partial charge in [-0.15, -0.1) is 0 Å². The van der Waals surface area contributed by atoms with Crippen LogP contribution in [-0.2, 0) is 9.47 Å². The van der Waals surface area contributed by atoms with E-state index >= 15 is 0 Å². The van der Waals surface area contributed by atoms with Crippen LogP contribution >= 0.6 is 11.8 Å². The number of hydrogen-bond acceptors (Lipinski definition) is 5. The summed E-state index contributed by atoms with van der Waals surface area (Å²) in [5.41, 5.74) is 2.69. The monoisotopic (exact) mass is 472 g/mol. The molecule has 0 amide bonds. The first kappa shape index (κ1) is 27.3. The number of thioether (sulfide) groups is 1. The second-order valence-corrected chi connectivity index (χ2v) is 9.34. The van der Waals surface area contributed by atoms with E-state index in [-0.39, 0.29) is 12.1 Å². The molecule has 0 radical (unpaired) electrons. The Bertz CT molecular complexity index is 773. The van der Waals surface area contributed by atoms with E-state index in [2.05, 4.69) is 19.1 Å². The number of benzene rings is 2. The number of carbonyl (C=O) groups excluding carboxylic acids is 1. The van der Waals surface area contributed by atoms with Crippen LogP contribution in [0, 0.1) is 0 Å². The Kier molecular flexibility index (Phi) is 13.7. The molecule has 0 heterocycles. The van der Waals surface area contributed by atoms with Crippen LogP contribution in [-0.4, -0.2) is 43.9 Å². The Hall–Kier alpha value is -1.98. The third-order valence-corrected chi connectivity index (χ3v) is 5.99. The smallest absolute Gasteiger partial charge is 0.338 e. The summed E-state index contributed by atoms with van der Waals surface area (Å²) in [4.78, 5) is 12.4. The quantitative estimate of drug-likeness (QED) is 0.177. The summed E-state index contributed by atoms with van der Waals surface area (Å²) in [6.07, 6.45) is 10.7. The van der Waals surface area contributed by atoms with E-state index in [1.165, 1.54) is 38.5 Å². The average molecular weight is 473 g/mol. The highest BCUT2D eigenvalue weighted by atomic mass is 32.2. The first-order chi connectivity index (χ1) is 16.1. The predicted octanol–water partition coefficient (Wildman–Crippen LogP) is 7.41. The molecule has 5 heteroatoms. The maximum atomic E-state index is 12.4. The molecule has 0 aromatic heterocycles. The van der Waals surface area contributed by atoms with Crippen LogP contribution in [0.5, 0.6) is 5.75 Å². The van der Waals surface area contributed by atoms with Gasteiger partial charge >= 0.3 is 5.97 Å². The highest BCUT2D eigenvalue weighted by molar-refractivity contribution is 7.98. The molecule has 0 fully saturated rings. The topological polar surface area (TPSA) is 44.8 Å². The second kappa shape index (κ2) is 16.6. The van der Waals surface area contributed by atoms with Gasteiger partial charge < -0.3 is 14.2 Å². The van der Waals surface area contributed by atoms with E-state index in [1.807, 2.05) is 49.6 Å². The first-order valence-electron chi connectivity index (χ1n) is 12.2. The molecule has 0 bridgehead atoms. The van der Waals surface area contributed by atoms with Gasteiger partial charge in [-0.2, -0.15) is 11.8 Å². The maximum Gasteiger partial charge on any atom is 0.338 e. The Labute approximate surface area is 204 Å². The van der Waals surface area contributed by atoms with Crippen LogP contribution in [0.4, 0.5) is 0 Å². The lowest BCUT2D eigenvalue weighted by Gasteiger charge is -2.13. The molecule has 0 saturated heterocycles. The standard InChI is InChI=1S/C28H40O4S/c1-4-5-6-7-8-9-10-19-31-27-17-15-25(16-18-27)24-11-13-26(14-12-24)28(29)32-23(2)22-30-20-21-33-3/h11-18,23H,4-10,19-22H2,1-3H3. The van der Waals surface area contributed by atoms with E-state index in [4.69, 9.17) is 14.2 Å². The van der Waals surface area contributed by atoms with Gasteiger partial charge in [-0.3, -0.25) is 0 Å². The average Bonchev–Trinajstić information content (AvgIpc) is 2.84. The lowest BCUT2D eigenvalue weighted by atomic mass is 10.0. The predicted molar refractivity (Wildman–Crippen MR) is 139 cm³/mol. The van der Waals surface area contributed by atoms with Gasteiger partial charge in [0.2, 0.25) is 0 Å². The summed E-state index contributed by atoms with van der Waals surface area (Å²) < 4.78 is 16.9. The number of rotatable bonds is 17. The lowest BCUT2D eigenvalue weighted by molar-refractivity contribution is 0.00485. The summed E-state index contributed by atoms with van der Waals surface area (Å²) in [7, 11) is 0. The molecule has 0 aliphatic rings. The molecule has 2 rings (SSSR count). The van der Waals surface area contributed by atoms with Gasteiger partial charge in [-0.25, -0.2) is 4.79 Å². The Balaban J connectivity index is 1.73. The highest BCUT2D eigenvalue weighted by Gasteiger charge is 2.12.